The van der Waals surface area contributed by atoms with Crippen LogP contribution in [0.5, 0.6) is 0 Å². The highest BCUT2D eigenvalue weighted by Crippen LogP contribution is 2.27. The van der Waals surface area contributed by atoms with E-state index in [0.717, 1.165) is 57.0 Å². The van der Waals surface area contributed by atoms with Gasteiger partial charge in [-0.05, 0) is 18.4 Å². The molecule has 2 aliphatic heterocycles. The van der Waals surface area contributed by atoms with Crippen LogP contribution in [-0.2, 0) is 24.4 Å². The van der Waals surface area contributed by atoms with Gasteiger partial charge >= 0.3 is 6.03 Å². The van der Waals surface area contributed by atoms with Crippen LogP contribution in [0.15, 0.2) is 30.3 Å². The molecule has 1 saturated carbocycles. The summed E-state index contributed by atoms with van der Waals surface area (Å²) in [5, 5.41) is 12.0. The lowest BCUT2D eigenvalue weighted by Gasteiger charge is -2.35. The molecule has 1 unspecified atom stereocenters. The van der Waals surface area contributed by atoms with Crippen molar-refractivity contribution in [2.24, 2.45) is 0 Å². The highest BCUT2D eigenvalue weighted by Gasteiger charge is 2.28. The van der Waals surface area contributed by atoms with Gasteiger partial charge in [0.1, 0.15) is 11.8 Å². The smallest absolute Gasteiger partial charge is 0.317 e. The van der Waals surface area contributed by atoms with Crippen LogP contribution >= 0.6 is 0 Å². The number of amides is 2. The van der Waals surface area contributed by atoms with Crippen molar-refractivity contribution >= 4 is 6.03 Å². The number of nitrogens with one attached hydrogen (secondary N) is 1. The lowest BCUT2D eigenvalue weighted by atomic mass is 10.1. The summed E-state index contributed by atoms with van der Waals surface area (Å²) in [6, 6.07) is 10.7. The van der Waals surface area contributed by atoms with Gasteiger partial charge in [0.2, 0.25) is 0 Å². The second-order valence-corrected chi connectivity index (χ2v) is 8.57. The molecule has 2 fully saturated rings. The molecule has 2 amide bonds. The number of ether oxygens (including phenoxy) is 1. The second-order valence-electron chi connectivity index (χ2n) is 8.57. The molecule has 3 aliphatic rings. The van der Waals surface area contributed by atoms with Crippen molar-refractivity contribution in [2.45, 2.75) is 57.5 Å². The molecule has 3 heterocycles. The minimum atomic E-state index is 0.0233. The first kappa shape index (κ1) is 19.5. The number of carbonyl (C=O) groups excluding carboxylic acids is 1. The molecule has 1 atom stereocenters. The van der Waals surface area contributed by atoms with E-state index in [4.69, 9.17) is 4.74 Å². The molecule has 1 aromatic carbocycles. The zero-order chi connectivity index (χ0) is 20.3. The number of carbonyl (C=O) groups is 1. The van der Waals surface area contributed by atoms with E-state index in [9.17, 15) is 4.79 Å². The van der Waals surface area contributed by atoms with Crippen molar-refractivity contribution in [3.63, 3.8) is 0 Å². The Morgan fingerprint density at radius 3 is 2.63 bits per heavy atom. The van der Waals surface area contributed by atoms with Crippen LogP contribution in [0.3, 0.4) is 0 Å². The number of aromatic nitrogens is 3. The summed E-state index contributed by atoms with van der Waals surface area (Å²) in [4.78, 5) is 16.8. The third kappa shape index (κ3) is 4.20. The Hall–Kier alpha value is -2.45. The predicted octanol–water partition coefficient (Wildman–Crippen LogP) is 2.32. The van der Waals surface area contributed by atoms with E-state index in [1.807, 2.05) is 27.8 Å². The van der Waals surface area contributed by atoms with Gasteiger partial charge in [-0.15, -0.1) is 5.10 Å². The Morgan fingerprint density at radius 1 is 1.10 bits per heavy atom. The van der Waals surface area contributed by atoms with Crippen molar-refractivity contribution in [1.82, 2.24) is 30.1 Å². The van der Waals surface area contributed by atoms with Crippen LogP contribution in [0, 0.1) is 0 Å². The minimum Gasteiger partial charge on any atom is -0.365 e. The molecular weight excluding hydrogens is 380 g/mol. The normalized spacial score (nSPS) is 22.8. The zero-order valence-corrected chi connectivity index (χ0v) is 17.4. The Labute approximate surface area is 177 Å². The molecule has 1 aliphatic carbocycles. The molecule has 1 N–H and O–H groups in total. The molecule has 8 nitrogen and oxygen atoms in total. The van der Waals surface area contributed by atoms with Gasteiger partial charge < -0.3 is 15.0 Å². The van der Waals surface area contributed by atoms with Crippen molar-refractivity contribution in [3.8, 4) is 0 Å². The van der Waals surface area contributed by atoms with Crippen LogP contribution in [0.2, 0.25) is 0 Å². The quantitative estimate of drug-likeness (QED) is 0.837. The summed E-state index contributed by atoms with van der Waals surface area (Å²) in [5.41, 5.74) is 3.24. The Bertz CT molecular complexity index is 856. The highest BCUT2D eigenvalue weighted by molar-refractivity contribution is 5.74. The first-order valence-electron chi connectivity index (χ1n) is 11.1. The Morgan fingerprint density at radius 2 is 1.87 bits per heavy atom. The summed E-state index contributed by atoms with van der Waals surface area (Å²) < 4.78 is 8.10. The van der Waals surface area contributed by atoms with Crippen molar-refractivity contribution in [3.05, 3.63) is 47.3 Å². The van der Waals surface area contributed by atoms with Gasteiger partial charge in [-0.1, -0.05) is 48.4 Å². The number of fused-ring (bicyclic) bond motifs is 1. The van der Waals surface area contributed by atoms with Gasteiger partial charge in [0.05, 0.1) is 18.8 Å². The van der Waals surface area contributed by atoms with E-state index in [2.05, 4.69) is 32.7 Å². The maximum Gasteiger partial charge on any atom is 0.317 e. The molecule has 2 aromatic rings. The number of benzene rings is 1. The van der Waals surface area contributed by atoms with Gasteiger partial charge in [-0.25, -0.2) is 9.48 Å². The van der Waals surface area contributed by atoms with Crippen LogP contribution in [-0.4, -0.2) is 63.0 Å². The van der Waals surface area contributed by atoms with Gasteiger partial charge in [0.15, 0.2) is 0 Å². The van der Waals surface area contributed by atoms with Gasteiger partial charge in [-0.3, -0.25) is 4.90 Å². The number of hydrogen-bond donors (Lipinski definition) is 1. The van der Waals surface area contributed by atoms with E-state index in [1.165, 1.54) is 18.4 Å². The van der Waals surface area contributed by atoms with Gasteiger partial charge in [0.25, 0.3) is 0 Å². The van der Waals surface area contributed by atoms with E-state index in [0.29, 0.717) is 19.2 Å². The standard InChI is InChI=1S/C22H30N6O2/c29-22(23-18-8-4-5-9-18)27-12-10-26(11-13-27)14-19-20-16-30-21(15-28(20)25-24-19)17-6-2-1-3-7-17/h1-3,6-7,18,21H,4-5,8-16H2,(H,23,29). The topological polar surface area (TPSA) is 75.5 Å². The SMILES string of the molecule is O=C(NC1CCCC1)N1CCN(Cc2nnn3c2COC(c2ccccc2)C3)CC1. The molecule has 30 heavy (non-hydrogen) atoms. The molecule has 0 bridgehead atoms. The van der Waals surface area contributed by atoms with Crippen molar-refractivity contribution in [1.29, 1.82) is 0 Å². The summed E-state index contributed by atoms with van der Waals surface area (Å²) in [6.07, 6.45) is 4.74. The summed E-state index contributed by atoms with van der Waals surface area (Å²) in [5.74, 6) is 0. The van der Waals surface area contributed by atoms with Crippen molar-refractivity contribution in [2.75, 3.05) is 26.2 Å². The largest absolute Gasteiger partial charge is 0.365 e. The van der Waals surface area contributed by atoms with Crippen LogP contribution in [0.4, 0.5) is 4.79 Å². The third-order valence-corrected chi connectivity index (χ3v) is 6.57. The molecular formula is C22H30N6O2. The first-order valence-corrected chi connectivity index (χ1v) is 11.1. The Balaban J connectivity index is 1.14. The molecule has 8 heteroatoms. The molecule has 0 radical (unpaired) electrons. The lowest BCUT2D eigenvalue weighted by Crippen LogP contribution is -2.53. The van der Waals surface area contributed by atoms with E-state index in [-0.39, 0.29) is 12.1 Å². The van der Waals surface area contributed by atoms with E-state index in [1.54, 1.807) is 0 Å². The summed E-state index contributed by atoms with van der Waals surface area (Å²) >= 11 is 0. The van der Waals surface area contributed by atoms with E-state index >= 15 is 0 Å². The molecule has 5 rings (SSSR count). The molecule has 1 aromatic heterocycles. The van der Waals surface area contributed by atoms with Gasteiger partial charge in [0, 0.05) is 38.8 Å². The predicted molar refractivity (Wildman–Crippen MR) is 112 cm³/mol. The fraction of sp³-hybridized carbons (Fsp3) is 0.591. The number of urea groups is 1. The van der Waals surface area contributed by atoms with Gasteiger partial charge in [-0.2, -0.15) is 0 Å². The first-order chi connectivity index (χ1) is 14.8. The minimum absolute atomic E-state index is 0.0233. The van der Waals surface area contributed by atoms with Crippen molar-refractivity contribution < 1.29 is 9.53 Å². The van der Waals surface area contributed by atoms with Crippen LogP contribution in [0.1, 0.15) is 48.7 Å². The third-order valence-electron chi connectivity index (χ3n) is 6.57. The average molecular weight is 411 g/mol. The number of nitrogens with zero attached hydrogens (tertiary/aromatic N) is 5. The maximum absolute atomic E-state index is 12.5. The summed E-state index contributed by atoms with van der Waals surface area (Å²) in [6.45, 7) is 5.22. The number of rotatable bonds is 4. The monoisotopic (exact) mass is 410 g/mol. The maximum atomic E-state index is 12.5. The molecule has 160 valence electrons. The molecule has 0 spiro atoms. The van der Waals surface area contributed by atoms with Crippen LogP contribution < -0.4 is 5.32 Å². The highest BCUT2D eigenvalue weighted by atomic mass is 16.5. The lowest BCUT2D eigenvalue weighted by molar-refractivity contribution is -0.00218. The fourth-order valence-electron chi connectivity index (χ4n) is 4.71. The van der Waals surface area contributed by atoms with Crippen LogP contribution in [0.25, 0.3) is 0 Å². The van der Waals surface area contributed by atoms with E-state index < -0.39 is 0 Å². The zero-order valence-electron chi connectivity index (χ0n) is 17.4. The average Bonchev–Trinajstić information content (AvgIpc) is 3.44. The molecule has 1 saturated heterocycles. The summed E-state index contributed by atoms with van der Waals surface area (Å²) in [7, 11) is 0. The number of hydrogen-bond acceptors (Lipinski definition) is 5. The fourth-order valence-corrected chi connectivity index (χ4v) is 4.71. The number of piperazine rings is 1. The Kier molecular flexibility index (Phi) is 5.68. The second kappa shape index (κ2) is 8.73.